The molecule has 0 fully saturated rings. The number of rotatable bonds is 4. The van der Waals surface area contributed by atoms with Gasteiger partial charge in [-0.25, -0.2) is 4.39 Å². The first-order chi connectivity index (χ1) is 10.1. The van der Waals surface area contributed by atoms with Gasteiger partial charge in [0.1, 0.15) is 5.82 Å². The molecule has 110 valence electrons. The van der Waals surface area contributed by atoms with E-state index in [2.05, 4.69) is 11.9 Å². The number of anilines is 1. The molecule has 2 nitrogen and oxygen atoms in total. The van der Waals surface area contributed by atoms with E-state index >= 15 is 0 Å². The smallest absolute Gasteiger partial charge is 0.125 e. The van der Waals surface area contributed by atoms with Crippen LogP contribution in [-0.2, 0) is 0 Å². The molecule has 0 aliphatic carbocycles. The lowest BCUT2D eigenvalue weighted by Crippen LogP contribution is -2.01. The van der Waals surface area contributed by atoms with Crippen LogP contribution >= 0.6 is 0 Å². The number of hydrogen-bond donors (Lipinski definition) is 2. The Morgan fingerprint density at radius 1 is 1.10 bits per heavy atom. The largest absolute Gasteiger partial charge is 0.398 e. The van der Waals surface area contributed by atoms with E-state index in [1.807, 2.05) is 44.2 Å². The monoisotopic (exact) mass is 284 g/mol. The first kappa shape index (κ1) is 16.5. The molecule has 0 unspecified atom stereocenters. The number of nitrogens with two attached hydrogens (primary N) is 1. The van der Waals surface area contributed by atoms with Gasteiger partial charge in [0.05, 0.1) is 0 Å². The molecule has 0 spiro atoms. The highest BCUT2D eigenvalue weighted by molar-refractivity contribution is 5.66. The van der Waals surface area contributed by atoms with Crippen molar-refractivity contribution in [2.75, 3.05) is 5.32 Å². The average Bonchev–Trinajstić information content (AvgIpc) is 2.50. The van der Waals surface area contributed by atoms with Gasteiger partial charge in [-0.05, 0) is 29.8 Å². The number of halogens is 1. The summed E-state index contributed by atoms with van der Waals surface area (Å²) in [6, 6.07) is 15.8. The summed E-state index contributed by atoms with van der Waals surface area (Å²) in [7, 11) is 0. The fourth-order valence-electron chi connectivity index (χ4n) is 1.69. The summed E-state index contributed by atoms with van der Waals surface area (Å²) in [6.07, 6.45) is 1.72. The quantitative estimate of drug-likeness (QED) is 0.793. The Morgan fingerprint density at radius 2 is 1.76 bits per heavy atom. The van der Waals surface area contributed by atoms with Crippen molar-refractivity contribution in [3.63, 3.8) is 0 Å². The zero-order valence-corrected chi connectivity index (χ0v) is 12.4. The molecule has 0 aliphatic rings. The van der Waals surface area contributed by atoms with Crippen molar-refractivity contribution in [1.29, 1.82) is 0 Å². The van der Waals surface area contributed by atoms with Crippen LogP contribution in [0.15, 0.2) is 72.9 Å². The molecule has 0 heterocycles. The fraction of sp³-hybridized carbons (Fsp3) is 0.111. The van der Waals surface area contributed by atoms with E-state index in [1.165, 1.54) is 12.1 Å². The summed E-state index contributed by atoms with van der Waals surface area (Å²) < 4.78 is 13.0. The number of hydrogen-bond acceptors (Lipinski definition) is 2. The number of allylic oxidation sites excluding steroid dienone is 1. The molecular weight excluding hydrogens is 263 g/mol. The van der Waals surface area contributed by atoms with Gasteiger partial charge >= 0.3 is 0 Å². The van der Waals surface area contributed by atoms with E-state index in [1.54, 1.807) is 18.2 Å². The van der Waals surface area contributed by atoms with Crippen LogP contribution in [0.25, 0.3) is 5.70 Å². The first-order valence-corrected chi connectivity index (χ1v) is 6.89. The SMILES string of the molecule is C=C(/C=C(\N)c1ccccc1)Nc1cccc(F)c1.CC. The molecule has 2 rings (SSSR count). The van der Waals surface area contributed by atoms with Gasteiger partial charge in [-0.1, -0.05) is 56.8 Å². The van der Waals surface area contributed by atoms with Gasteiger partial charge in [0.2, 0.25) is 0 Å². The number of benzene rings is 2. The van der Waals surface area contributed by atoms with Gasteiger partial charge in [0.25, 0.3) is 0 Å². The van der Waals surface area contributed by atoms with E-state index in [-0.39, 0.29) is 5.82 Å². The average molecular weight is 284 g/mol. The molecule has 0 aliphatic heterocycles. The van der Waals surface area contributed by atoms with E-state index < -0.39 is 0 Å². The lowest BCUT2D eigenvalue weighted by Gasteiger charge is -2.07. The van der Waals surface area contributed by atoms with Crippen LogP contribution in [0.3, 0.4) is 0 Å². The second-order valence-electron chi connectivity index (χ2n) is 4.13. The third kappa shape index (κ3) is 5.53. The third-order valence-electron chi connectivity index (χ3n) is 2.57. The van der Waals surface area contributed by atoms with Crippen molar-refractivity contribution in [2.45, 2.75) is 13.8 Å². The lowest BCUT2D eigenvalue weighted by molar-refractivity contribution is 0.628. The molecule has 0 bridgehead atoms. The highest BCUT2D eigenvalue weighted by atomic mass is 19.1. The molecule has 2 aromatic carbocycles. The van der Waals surface area contributed by atoms with Gasteiger partial charge in [-0.2, -0.15) is 0 Å². The molecule has 0 radical (unpaired) electrons. The minimum atomic E-state index is -0.294. The van der Waals surface area contributed by atoms with Gasteiger partial charge < -0.3 is 11.1 Å². The lowest BCUT2D eigenvalue weighted by atomic mass is 10.1. The molecule has 0 atom stereocenters. The maximum atomic E-state index is 13.0. The van der Waals surface area contributed by atoms with Gasteiger partial charge in [0.15, 0.2) is 0 Å². The minimum Gasteiger partial charge on any atom is -0.398 e. The van der Waals surface area contributed by atoms with Gasteiger partial charge in [-0.15, -0.1) is 0 Å². The Morgan fingerprint density at radius 3 is 2.38 bits per heavy atom. The highest BCUT2D eigenvalue weighted by Gasteiger charge is 1.98. The zero-order chi connectivity index (χ0) is 15.7. The van der Waals surface area contributed by atoms with Crippen LogP contribution in [0.4, 0.5) is 10.1 Å². The van der Waals surface area contributed by atoms with Gasteiger partial charge in [0, 0.05) is 17.1 Å². The summed E-state index contributed by atoms with van der Waals surface area (Å²) in [5.41, 5.74) is 8.74. The van der Waals surface area contributed by atoms with E-state index in [0.717, 1.165) is 5.56 Å². The first-order valence-electron chi connectivity index (χ1n) is 6.89. The van der Waals surface area contributed by atoms with E-state index in [0.29, 0.717) is 17.1 Å². The molecule has 3 heteroatoms. The number of nitrogens with one attached hydrogen (secondary N) is 1. The van der Waals surface area contributed by atoms with Crippen LogP contribution in [0, 0.1) is 5.82 Å². The van der Waals surface area contributed by atoms with E-state index in [4.69, 9.17) is 5.73 Å². The normalized spacial score (nSPS) is 10.3. The molecule has 21 heavy (non-hydrogen) atoms. The van der Waals surface area contributed by atoms with Crippen LogP contribution in [0.1, 0.15) is 19.4 Å². The Kier molecular flexibility index (Phi) is 6.75. The Hall–Kier alpha value is -2.55. The van der Waals surface area contributed by atoms with Crippen LogP contribution in [0.5, 0.6) is 0 Å². The predicted molar refractivity (Wildman–Crippen MR) is 89.1 cm³/mol. The Balaban J connectivity index is 0.00000106. The summed E-state index contributed by atoms with van der Waals surface area (Å²) in [4.78, 5) is 0. The molecule has 0 amide bonds. The highest BCUT2D eigenvalue weighted by Crippen LogP contribution is 2.14. The second kappa shape index (κ2) is 8.59. The Bertz CT molecular complexity index is 604. The second-order valence-corrected chi connectivity index (χ2v) is 4.13. The van der Waals surface area contributed by atoms with Crippen molar-refractivity contribution >= 4 is 11.4 Å². The molecule has 3 N–H and O–H groups in total. The maximum Gasteiger partial charge on any atom is 0.125 e. The molecule has 0 saturated carbocycles. The summed E-state index contributed by atoms with van der Waals surface area (Å²) in [5.74, 6) is -0.294. The minimum absolute atomic E-state index is 0.294. The predicted octanol–water partition coefficient (Wildman–Crippen LogP) is 4.78. The molecule has 0 saturated heterocycles. The fourth-order valence-corrected chi connectivity index (χ4v) is 1.69. The van der Waals surface area contributed by atoms with E-state index in [9.17, 15) is 4.39 Å². The van der Waals surface area contributed by atoms with Crippen molar-refractivity contribution in [3.8, 4) is 0 Å². The van der Waals surface area contributed by atoms with Gasteiger partial charge in [-0.3, -0.25) is 0 Å². The van der Waals surface area contributed by atoms with Crippen molar-refractivity contribution < 1.29 is 4.39 Å². The summed E-state index contributed by atoms with van der Waals surface area (Å²) >= 11 is 0. The molecule has 0 aromatic heterocycles. The Labute approximate surface area is 125 Å². The standard InChI is InChI=1S/C16H15FN2.C2H6/c1-12(19-15-9-5-8-14(17)11-15)10-16(18)13-6-3-2-4-7-13;1-2/h2-11,19H,1,18H2;1-2H3/b16-10-;. The molecular formula is C18H21FN2. The van der Waals surface area contributed by atoms with Crippen LogP contribution < -0.4 is 11.1 Å². The van der Waals surface area contributed by atoms with Crippen LogP contribution in [-0.4, -0.2) is 0 Å². The van der Waals surface area contributed by atoms with Crippen LogP contribution in [0.2, 0.25) is 0 Å². The molecule has 2 aromatic rings. The third-order valence-corrected chi connectivity index (χ3v) is 2.57. The summed E-state index contributed by atoms with van der Waals surface area (Å²) in [5, 5.41) is 2.99. The summed E-state index contributed by atoms with van der Waals surface area (Å²) in [6.45, 7) is 7.86. The van der Waals surface area contributed by atoms with Crippen molar-refractivity contribution in [1.82, 2.24) is 0 Å². The zero-order valence-electron chi connectivity index (χ0n) is 12.4. The van der Waals surface area contributed by atoms with Crippen molar-refractivity contribution in [2.24, 2.45) is 5.73 Å². The maximum absolute atomic E-state index is 13.0. The van der Waals surface area contributed by atoms with Crippen molar-refractivity contribution in [3.05, 3.63) is 84.3 Å². The topological polar surface area (TPSA) is 38.0 Å².